The number of anilines is 1. The first-order chi connectivity index (χ1) is 18.6. The van der Waals surface area contributed by atoms with E-state index >= 15 is 0 Å². The molecule has 1 aliphatic carbocycles. The number of aromatic nitrogens is 4. The Morgan fingerprint density at radius 2 is 1.66 bits per heavy atom. The molecule has 2 fully saturated rings. The first-order valence-corrected chi connectivity index (χ1v) is 13.2. The summed E-state index contributed by atoms with van der Waals surface area (Å²) in [6, 6.07) is 13.1. The molecule has 2 aromatic heterocycles. The number of halogens is 1. The van der Waals surface area contributed by atoms with Crippen LogP contribution in [0.5, 0.6) is 17.2 Å². The number of methoxy groups -OCH3 is 1. The quantitative estimate of drug-likeness (QED) is 0.388. The van der Waals surface area contributed by atoms with Crippen LogP contribution in [0.1, 0.15) is 31.7 Å². The molecule has 38 heavy (non-hydrogen) atoms. The van der Waals surface area contributed by atoms with Gasteiger partial charge >= 0.3 is 0 Å². The fourth-order valence-corrected chi connectivity index (χ4v) is 5.70. The molecule has 1 aliphatic heterocycles. The highest BCUT2D eigenvalue weighted by atomic mass is 19.1. The maximum atomic E-state index is 14.5. The molecule has 2 aromatic carbocycles. The van der Waals surface area contributed by atoms with Gasteiger partial charge in [0.15, 0.2) is 17.1 Å². The Balaban J connectivity index is 1.25. The molecule has 0 atom stereocenters. The van der Waals surface area contributed by atoms with Crippen molar-refractivity contribution in [3.8, 4) is 28.5 Å². The Morgan fingerprint density at radius 3 is 2.39 bits per heavy atom. The van der Waals surface area contributed by atoms with Crippen molar-refractivity contribution in [2.75, 3.05) is 39.0 Å². The Kier molecular flexibility index (Phi) is 6.82. The van der Waals surface area contributed by atoms with Crippen molar-refractivity contribution < 1.29 is 13.9 Å². The topological polar surface area (TPSA) is 103 Å². The minimum Gasteiger partial charge on any atom is -0.494 e. The summed E-state index contributed by atoms with van der Waals surface area (Å²) in [5.74, 6) is 0.597. The van der Waals surface area contributed by atoms with E-state index in [4.69, 9.17) is 20.3 Å². The van der Waals surface area contributed by atoms with Gasteiger partial charge in [-0.25, -0.2) is 14.6 Å². The van der Waals surface area contributed by atoms with Crippen molar-refractivity contribution in [1.82, 2.24) is 30.0 Å². The van der Waals surface area contributed by atoms with E-state index in [0.29, 0.717) is 17.6 Å². The molecule has 9 nitrogen and oxygen atoms in total. The second kappa shape index (κ2) is 10.5. The zero-order valence-corrected chi connectivity index (χ0v) is 21.4. The fourth-order valence-electron chi connectivity index (χ4n) is 5.70. The van der Waals surface area contributed by atoms with Crippen LogP contribution in [0.2, 0.25) is 0 Å². The molecule has 0 radical (unpaired) electrons. The van der Waals surface area contributed by atoms with Crippen LogP contribution in [0.4, 0.5) is 10.2 Å². The molecule has 4 aromatic rings. The highest BCUT2D eigenvalue weighted by Gasteiger charge is 2.30. The second-order valence-electron chi connectivity index (χ2n) is 9.90. The van der Waals surface area contributed by atoms with Crippen LogP contribution in [0.15, 0.2) is 48.8 Å². The largest absolute Gasteiger partial charge is 0.494 e. The van der Waals surface area contributed by atoms with E-state index in [1.807, 2.05) is 16.8 Å². The smallest absolute Gasteiger partial charge is 0.207 e. The Morgan fingerprint density at radius 1 is 0.947 bits per heavy atom. The number of hydrogen-bond acceptors (Lipinski definition) is 8. The van der Waals surface area contributed by atoms with Crippen LogP contribution in [-0.4, -0.2) is 64.0 Å². The van der Waals surface area contributed by atoms with Crippen LogP contribution in [0.3, 0.4) is 0 Å². The Bertz CT molecular complexity index is 1410. The van der Waals surface area contributed by atoms with Crippen molar-refractivity contribution in [3.63, 3.8) is 0 Å². The zero-order chi connectivity index (χ0) is 26.1. The molecule has 6 rings (SSSR count). The number of nitrogens with zero attached hydrogens (tertiary/aromatic N) is 5. The molecular weight excluding hydrogens is 485 g/mol. The minimum absolute atomic E-state index is 0.0980. The standard InChI is InChI=1S/C28H32FN7O2/c1-37-22-3-2-4-23(25(22)29)38-21-11-5-18(6-12-21)26-24-27(30)32-17-33-28(24)36(34-26)20-9-7-19(8-10-20)35-15-13-31-14-16-35/h2-6,11-12,17,19-20,31H,7-10,13-16H2,1H3,(H2,30,32,33). The lowest BCUT2D eigenvalue weighted by Crippen LogP contribution is -2.49. The number of piperazine rings is 1. The maximum absolute atomic E-state index is 14.5. The van der Waals surface area contributed by atoms with Crippen molar-refractivity contribution >= 4 is 16.9 Å². The van der Waals surface area contributed by atoms with Gasteiger partial charge in [0.25, 0.3) is 0 Å². The van der Waals surface area contributed by atoms with E-state index in [1.54, 1.807) is 30.3 Å². The van der Waals surface area contributed by atoms with E-state index in [-0.39, 0.29) is 17.5 Å². The lowest BCUT2D eigenvalue weighted by atomic mass is 9.90. The van der Waals surface area contributed by atoms with Crippen LogP contribution >= 0.6 is 0 Å². The van der Waals surface area contributed by atoms with Crippen molar-refractivity contribution in [2.45, 2.75) is 37.8 Å². The van der Waals surface area contributed by atoms with Crippen LogP contribution in [0.25, 0.3) is 22.3 Å². The van der Waals surface area contributed by atoms with Gasteiger partial charge in [-0.05, 0) is 62.1 Å². The predicted octanol–water partition coefficient (Wildman–Crippen LogP) is 4.40. The van der Waals surface area contributed by atoms with Crippen LogP contribution in [-0.2, 0) is 0 Å². The number of benzene rings is 2. The number of ether oxygens (including phenoxy) is 2. The van der Waals surface area contributed by atoms with Crippen LogP contribution in [0, 0.1) is 5.82 Å². The third-order valence-electron chi connectivity index (χ3n) is 7.70. The maximum Gasteiger partial charge on any atom is 0.207 e. The van der Waals surface area contributed by atoms with Crippen molar-refractivity contribution in [1.29, 1.82) is 0 Å². The molecule has 3 heterocycles. The number of nitrogen functional groups attached to an aromatic ring is 1. The zero-order valence-electron chi connectivity index (χ0n) is 21.4. The SMILES string of the molecule is COc1cccc(Oc2ccc(-c3nn(C4CCC(N5CCNCC5)CC4)c4ncnc(N)c34)cc2)c1F. The Hall–Kier alpha value is -3.76. The summed E-state index contributed by atoms with van der Waals surface area (Å²) < 4.78 is 27.4. The summed E-state index contributed by atoms with van der Waals surface area (Å²) in [5, 5.41) is 9.22. The third-order valence-corrected chi connectivity index (χ3v) is 7.70. The molecule has 1 saturated carbocycles. The van der Waals surface area contributed by atoms with Gasteiger partial charge in [-0.2, -0.15) is 9.49 Å². The van der Waals surface area contributed by atoms with Crippen molar-refractivity contribution in [3.05, 3.63) is 54.6 Å². The summed E-state index contributed by atoms with van der Waals surface area (Å²) in [5.41, 5.74) is 8.70. The first-order valence-electron chi connectivity index (χ1n) is 13.2. The van der Waals surface area contributed by atoms with E-state index in [9.17, 15) is 4.39 Å². The van der Waals surface area contributed by atoms with Gasteiger partial charge in [-0.15, -0.1) is 0 Å². The number of nitrogens with one attached hydrogen (secondary N) is 1. The molecule has 0 bridgehead atoms. The Labute approximate surface area is 220 Å². The number of fused-ring (bicyclic) bond motifs is 1. The van der Waals surface area contributed by atoms with Crippen molar-refractivity contribution in [2.24, 2.45) is 0 Å². The summed E-state index contributed by atoms with van der Waals surface area (Å²) >= 11 is 0. The lowest BCUT2D eigenvalue weighted by molar-refractivity contribution is 0.121. The average molecular weight is 518 g/mol. The first kappa shape index (κ1) is 24.6. The molecule has 1 saturated heterocycles. The third kappa shape index (κ3) is 4.65. The molecule has 198 valence electrons. The molecule has 0 amide bonds. The highest BCUT2D eigenvalue weighted by molar-refractivity contribution is 5.98. The summed E-state index contributed by atoms with van der Waals surface area (Å²) in [7, 11) is 1.42. The predicted molar refractivity (Wildman–Crippen MR) is 144 cm³/mol. The van der Waals surface area contributed by atoms with E-state index < -0.39 is 5.82 Å². The van der Waals surface area contributed by atoms with Gasteiger partial charge in [-0.3, -0.25) is 4.90 Å². The van der Waals surface area contributed by atoms with E-state index in [0.717, 1.165) is 74.2 Å². The second-order valence-corrected chi connectivity index (χ2v) is 9.90. The van der Waals surface area contributed by atoms with Gasteiger partial charge in [0.2, 0.25) is 5.82 Å². The fraction of sp³-hybridized carbons (Fsp3) is 0.393. The van der Waals surface area contributed by atoms with Gasteiger partial charge < -0.3 is 20.5 Å². The molecule has 0 unspecified atom stereocenters. The van der Waals surface area contributed by atoms with Gasteiger partial charge in [-0.1, -0.05) is 6.07 Å². The summed E-state index contributed by atoms with van der Waals surface area (Å²) in [4.78, 5) is 11.5. The lowest BCUT2D eigenvalue weighted by Gasteiger charge is -2.39. The van der Waals surface area contributed by atoms with Crippen LogP contribution < -0.4 is 20.5 Å². The van der Waals surface area contributed by atoms with Gasteiger partial charge in [0.1, 0.15) is 23.6 Å². The van der Waals surface area contributed by atoms with E-state index in [2.05, 4.69) is 20.2 Å². The average Bonchev–Trinajstić information content (AvgIpc) is 3.36. The molecule has 0 spiro atoms. The minimum atomic E-state index is -0.541. The molecule has 2 aliphatic rings. The number of nitrogens with two attached hydrogens (primary N) is 1. The normalized spacial score (nSPS) is 20.5. The summed E-state index contributed by atoms with van der Waals surface area (Å²) in [6.45, 7) is 4.39. The number of hydrogen-bond donors (Lipinski definition) is 2. The highest BCUT2D eigenvalue weighted by Crippen LogP contribution is 2.38. The number of rotatable bonds is 6. The molecular formula is C28H32FN7O2. The van der Waals surface area contributed by atoms with E-state index in [1.165, 1.54) is 13.4 Å². The van der Waals surface area contributed by atoms with Gasteiger partial charge in [0.05, 0.1) is 18.5 Å². The monoisotopic (exact) mass is 517 g/mol. The molecule has 10 heteroatoms. The van der Waals surface area contributed by atoms with Gasteiger partial charge in [0, 0.05) is 37.8 Å². The molecule has 3 N–H and O–H groups in total. The summed E-state index contributed by atoms with van der Waals surface area (Å²) in [6.07, 6.45) is 5.90.